The van der Waals surface area contributed by atoms with Crippen LogP contribution in [-0.4, -0.2) is 85.4 Å². The lowest BCUT2D eigenvalue weighted by atomic mass is 9.91. The molecule has 0 aromatic heterocycles. The molecule has 2 aliphatic rings. The molecule has 1 fully saturated rings. The maximum Gasteiger partial charge on any atom is 0.239 e. The van der Waals surface area contributed by atoms with Crippen LogP contribution in [0.25, 0.3) is 0 Å². The molecule has 0 aliphatic carbocycles. The second kappa shape index (κ2) is 16.3. The second-order valence-electron chi connectivity index (χ2n) is 13.9. The highest BCUT2D eigenvalue weighted by Gasteiger charge is 2.61. The Morgan fingerprint density at radius 1 is 0.940 bits per heavy atom. The number of sulfone groups is 1. The van der Waals surface area contributed by atoms with Crippen molar-refractivity contribution in [1.82, 2.24) is 9.80 Å². The number of piperidine rings is 1. The minimum Gasteiger partial charge on any atom is -0.632 e. The summed E-state index contributed by atoms with van der Waals surface area (Å²) < 4.78 is 51.6. The highest BCUT2D eigenvalue weighted by Crippen LogP contribution is 2.46. The van der Waals surface area contributed by atoms with Crippen molar-refractivity contribution in [3.05, 3.63) is 82.6 Å². The van der Waals surface area contributed by atoms with Crippen molar-refractivity contribution in [3.8, 4) is 23.0 Å². The molecule has 0 saturated carbocycles. The van der Waals surface area contributed by atoms with E-state index in [9.17, 15) is 13.6 Å². The minimum atomic E-state index is -4.04. The number of nitrogens with one attached hydrogen (secondary N) is 1. The Morgan fingerprint density at radius 3 is 2.22 bits per heavy atom. The summed E-state index contributed by atoms with van der Waals surface area (Å²) in [6, 6.07) is 18.2. The number of hydrogen-bond acceptors (Lipinski definition) is 9. The first-order chi connectivity index (χ1) is 24.0. The van der Waals surface area contributed by atoms with Crippen LogP contribution in [0.3, 0.4) is 0 Å². The minimum absolute atomic E-state index is 0.240. The van der Waals surface area contributed by atoms with Crippen LogP contribution in [0.1, 0.15) is 69.2 Å². The number of rotatable bonds is 15. The molecule has 11 heteroatoms. The normalized spacial score (nSPS) is 22.4. The molecule has 50 heavy (non-hydrogen) atoms. The van der Waals surface area contributed by atoms with Gasteiger partial charge in [0, 0.05) is 24.1 Å². The Hall–Kier alpha value is -3.35. The number of unbranched alkanes of at least 4 members (excludes halogenated alkanes) is 1. The summed E-state index contributed by atoms with van der Waals surface area (Å²) in [6.45, 7) is 9.95. The summed E-state index contributed by atoms with van der Waals surface area (Å²) in [5.41, 5.74) is 2.16. The zero-order valence-corrected chi connectivity index (χ0v) is 31.6. The van der Waals surface area contributed by atoms with Crippen molar-refractivity contribution < 1.29 is 32.4 Å². The molecule has 274 valence electrons. The largest absolute Gasteiger partial charge is 0.632 e. The topological polar surface area (TPSA) is 105 Å². The summed E-state index contributed by atoms with van der Waals surface area (Å²) in [7, 11) is 3.07. The van der Waals surface area contributed by atoms with Crippen molar-refractivity contribution in [3.63, 3.8) is 0 Å². The van der Waals surface area contributed by atoms with Crippen LogP contribution in [0.2, 0.25) is 0 Å². The first-order valence-corrected chi connectivity index (χ1v) is 19.3. The van der Waals surface area contributed by atoms with Crippen molar-refractivity contribution >= 4 is 9.84 Å². The van der Waals surface area contributed by atoms with Gasteiger partial charge in [-0.3, -0.25) is 0 Å². The van der Waals surface area contributed by atoms with E-state index in [0.29, 0.717) is 46.8 Å². The van der Waals surface area contributed by atoms with Crippen molar-refractivity contribution in [1.29, 1.82) is 0 Å². The number of nitrogens with zero attached hydrogens (tertiary/aromatic N) is 2. The molecule has 3 aromatic rings. The molecule has 1 N–H and O–H groups in total. The molecule has 3 atom stereocenters. The van der Waals surface area contributed by atoms with Crippen LogP contribution in [0, 0.1) is 11.1 Å². The average Bonchev–Trinajstić information content (AvgIpc) is 3.13. The van der Waals surface area contributed by atoms with Gasteiger partial charge in [-0.1, -0.05) is 44.2 Å². The quantitative estimate of drug-likeness (QED) is 0.167. The molecule has 0 spiro atoms. The molecule has 0 amide bonds. The van der Waals surface area contributed by atoms with E-state index in [-0.39, 0.29) is 9.96 Å². The van der Waals surface area contributed by atoms with Crippen molar-refractivity contribution in [2.45, 2.75) is 74.7 Å². The van der Waals surface area contributed by atoms with Gasteiger partial charge in [0.15, 0.2) is 11.5 Å². The van der Waals surface area contributed by atoms with Crippen LogP contribution in [0.4, 0.5) is 0 Å². The first kappa shape index (κ1) is 37.9. The molecule has 3 aromatic carbocycles. The number of hydroxylamine groups is 2. The molecule has 1 saturated heterocycles. The van der Waals surface area contributed by atoms with Gasteiger partial charge < -0.3 is 39.0 Å². The van der Waals surface area contributed by atoms with Gasteiger partial charge >= 0.3 is 0 Å². The Kier molecular flexibility index (Phi) is 12.4. The van der Waals surface area contributed by atoms with Gasteiger partial charge in [-0.15, -0.1) is 0 Å². The van der Waals surface area contributed by atoms with Crippen LogP contribution in [0.5, 0.6) is 23.0 Å². The lowest BCUT2D eigenvalue weighted by Gasteiger charge is -2.51. The maximum atomic E-state index is 14.4. The van der Waals surface area contributed by atoms with Gasteiger partial charge in [0.2, 0.25) is 20.5 Å². The van der Waals surface area contributed by atoms with Crippen molar-refractivity contribution in [2.75, 3.05) is 61.2 Å². The summed E-state index contributed by atoms with van der Waals surface area (Å²) in [6.07, 6.45) is 4.94. The molecule has 2 heterocycles. The molecular weight excluding hydrogens is 655 g/mol. The Bertz CT molecular complexity index is 1670. The second-order valence-corrected chi connectivity index (χ2v) is 16.0. The molecule has 0 radical (unpaired) electrons. The number of ether oxygens (including phenoxy) is 4. The standard InChI is InChI=1S/C39H55N3O7S/c1-28(2)39(42(43)29(3)32-14-8-11-17-37(32)50(39,44)45)33-15-9-10-16-34(33)49-25-13-12-21-41-23-19-31(20-24-41)40(4)22-18-30-26-35(46-5)38(48-7)36(27-30)47-6/h8-11,14-17,26-29,31,42H,12-13,18-25H2,1-7H3. The highest BCUT2D eigenvalue weighted by molar-refractivity contribution is 7.92. The highest BCUT2D eigenvalue weighted by atomic mass is 32.2. The fourth-order valence-electron chi connectivity index (χ4n) is 7.91. The molecule has 10 nitrogen and oxygen atoms in total. The number of likely N-dealkylation sites (N-methyl/N-ethyl adjacent to an activating group) is 1. The zero-order valence-electron chi connectivity index (χ0n) is 30.7. The molecule has 5 rings (SSSR count). The van der Waals surface area contributed by atoms with E-state index in [1.54, 1.807) is 63.8 Å². The predicted molar refractivity (Wildman–Crippen MR) is 196 cm³/mol. The fourth-order valence-corrected chi connectivity index (χ4v) is 10.6. The van der Waals surface area contributed by atoms with Gasteiger partial charge in [0.25, 0.3) is 0 Å². The third-order valence-corrected chi connectivity index (χ3v) is 13.4. The average molecular weight is 710 g/mol. The molecule has 2 aliphatic heterocycles. The van der Waals surface area contributed by atoms with Crippen LogP contribution >= 0.6 is 0 Å². The number of hydrogen-bond donors (Lipinski definition) is 1. The van der Waals surface area contributed by atoms with Crippen molar-refractivity contribution in [2.24, 2.45) is 5.92 Å². The van der Waals surface area contributed by atoms with Gasteiger partial charge in [0.1, 0.15) is 11.8 Å². The van der Waals surface area contributed by atoms with E-state index in [1.807, 2.05) is 39.0 Å². The summed E-state index contributed by atoms with van der Waals surface area (Å²) in [5, 5.41) is 13.9. The SMILES string of the molecule is COc1cc(CCN(C)C2CCN(CCCCOc3ccccc3C3(C(C)C)[NH+]([O-])C(C)c4ccccc4S3(=O)=O)CC2)cc(OC)c1OC. The van der Waals surface area contributed by atoms with Crippen LogP contribution < -0.4 is 24.0 Å². The van der Waals surface area contributed by atoms with E-state index in [0.717, 1.165) is 63.8 Å². The summed E-state index contributed by atoms with van der Waals surface area (Å²) in [5.74, 6) is 1.96. The van der Waals surface area contributed by atoms with E-state index in [4.69, 9.17) is 18.9 Å². The third kappa shape index (κ3) is 7.21. The van der Waals surface area contributed by atoms with Gasteiger partial charge in [-0.25, -0.2) is 8.42 Å². The molecule has 0 bridgehead atoms. The van der Waals surface area contributed by atoms with Gasteiger partial charge in [0.05, 0.1) is 38.4 Å². The number of para-hydroxylation sites is 1. The number of likely N-dealkylation sites (tertiary alicyclic amines) is 1. The fraction of sp³-hybridized carbons (Fsp3) is 0.538. The molecular formula is C39H55N3O7S. The summed E-state index contributed by atoms with van der Waals surface area (Å²) >= 11 is 0. The monoisotopic (exact) mass is 709 g/mol. The number of methoxy groups -OCH3 is 3. The molecule has 3 unspecified atom stereocenters. The Morgan fingerprint density at radius 2 is 1.58 bits per heavy atom. The van der Waals surface area contributed by atoms with Crippen LogP contribution in [0.15, 0.2) is 65.6 Å². The van der Waals surface area contributed by atoms with Crippen LogP contribution in [-0.2, 0) is 21.1 Å². The smallest absolute Gasteiger partial charge is 0.239 e. The summed E-state index contributed by atoms with van der Waals surface area (Å²) in [4.78, 5) is 3.51. The van der Waals surface area contributed by atoms with E-state index >= 15 is 0 Å². The van der Waals surface area contributed by atoms with Gasteiger partial charge in [-0.2, -0.15) is 0 Å². The van der Waals surface area contributed by atoms with E-state index < -0.39 is 26.7 Å². The number of benzene rings is 3. The number of fused-ring (bicyclic) bond motifs is 1. The first-order valence-electron chi connectivity index (χ1n) is 17.8. The number of quaternary nitrogens is 1. The van der Waals surface area contributed by atoms with E-state index in [2.05, 4.69) is 16.8 Å². The Labute approximate surface area is 298 Å². The Balaban J connectivity index is 1.13. The lowest BCUT2D eigenvalue weighted by molar-refractivity contribution is -0.931. The third-order valence-electron chi connectivity index (χ3n) is 10.7. The van der Waals surface area contributed by atoms with Gasteiger partial charge in [-0.05, 0) is 102 Å². The van der Waals surface area contributed by atoms with E-state index in [1.165, 1.54) is 0 Å². The maximum absolute atomic E-state index is 14.4. The predicted octanol–water partition coefficient (Wildman–Crippen LogP) is 5.25. The zero-order chi connectivity index (χ0) is 36.1. The lowest BCUT2D eigenvalue weighted by Crippen LogP contribution is -3.17.